The molecule has 1 heterocycles. The van der Waals surface area contributed by atoms with Crippen LogP contribution in [0.5, 0.6) is 0 Å². The summed E-state index contributed by atoms with van der Waals surface area (Å²) in [7, 11) is 0. The van der Waals surface area contributed by atoms with Gasteiger partial charge in [-0.15, -0.1) is 0 Å². The number of aliphatic hydroxyl groups is 1. The third kappa shape index (κ3) is 4.16. The number of aromatic nitrogens is 2. The molecule has 0 aliphatic carbocycles. The standard InChI is InChI=1S/C8H7ClF3N3O2/c9-6-3-13-4(1-14-6)7(17)15-2-5(16)8(10,11)12/h1,3,5,16H,2H2,(H,15,17). The number of carbonyl (C=O) groups is 1. The van der Waals surface area contributed by atoms with E-state index in [1.165, 1.54) is 0 Å². The van der Waals surface area contributed by atoms with E-state index in [0.29, 0.717) is 0 Å². The molecule has 0 spiro atoms. The Bertz CT molecular complexity index is 396. The number of nitrogens with one attached hydrogen (secondary N) is 1. The molecule has 9 heteroatoms. The third-order valence-electron chi connectivity index (χ3n) is 1.69. The van der Waals surface area contributed by atoms with Crippen LogP contribution >= 0.6 is 11.6 Å². The van der Waals surface area contributed by atoms with E-state index in [-0.39, 0.29) is 10.8 Å². The second-order valence-corrected chi connectivity index (χ2v) is 3.38. The number of aliphatic hydroxyl groups excluding tert-OH is 1. The molecule has 0 aromatic carbocycles. The second kappa shape index (κ2) is 5.28. The number of amides is 1. The Labute approximate surface area is 98.6 Å². The molecular weight excluding hydrogens is 263 g/mol. The van der Waals surface area contributed by atoms with Gasteiger partial charge in [0.05, 0.1) is 18.9 Å². The van der Waals surface area contributed by atoms with Gasteiger partial charge in [-0.05, 0) is 0 Å². The average molecular weight is 270 g/mol. The number of carbonyl (C=O) groups excluding carboxylic acids is 1. The summed E-state index contributed by atoms with van der Waals surface area (Å²) in [4.78, 5) is 18.3. The molecule has 1 amide bonds. The average Bonchev–Trinajstić information content (AvgIpc) is 2.25. The van der Waals surface area contributed by atoms with E-state index in [9.17, 15) is 18.0 Å². The van der Waals surface area contributed by atoms with Crippen LogP contribution in [0.15, 0.2) is 12.4 Å². The van der Waals surface area contributed by atoms with Crippen LogP contribution in [-0.4, -0.2) is 39.8 Å². The van der Waals surface area contributed by atoms with Crippen molar-refractivity contribution in [2.45, 2.75) is 12.3 Å². The van der Waals surface area contributed by atoms with Gasteiger partial charge in [0.1, 0.15) is 10.8 Å². The van der Waals surface area contributed by atoms with E-state index in [2.05, 4.69) is 9.97 Å². The maximum atomic E-state index is 11.9. The highest BCUT2D eigenvalue weighted by Crippen LogP contribution is 2.19. The first-order valence-electron chi connectivity index (χ1n) is 4.31. The van der Waals surface area contributed by atoms with Gasteiger partial charge in [-0.3, -0.25) is 4.79 Å². The van der Waals surface area contributed by atoms with Gasteiger partial charge in [-0.2, -0.15) is 13.2 Å². The van der Waals surface area contributed by atoms with Crippen LogP contribution in [0.4, 0.5) is 13.2 Å². The van der Waals surface area contributed by atoms with Crippen molar-refractivity contribution in [1.82, 2.24) is 15.3 Å². The van der Waals surface area contributed by atoms with E-state index < -0.39 is 24.7 Å². The maximum absolute atomic E-state index is 11.9. The summed E-state index contributed by atoms with van der Waals surface area (Å²) >= 11 is 5.41. The monoisotopic (exact) mass is 269 g/mol. The zero-order chi connectivity index (χ0) is 13.1. The van der Waals surface area contributed by atoms with Crippen molar-refractivity contribution in [2.75, 3.05) is 6.54 Å². The Morgan fingerprint density at radius 1 is 1.47 bits per heavy atom. The first-order valence-corrected chi connectivity index (χ1v) is 4.69. The van der Waals surface area contributed by atoms with E-state index in [4.69, 9.17) is 16.7 Å². The van der Waals surface area contributed by atoms with Crippen LogP contribution in [0, 0.1) is 0 Å². The molecule has 0 radical (unpaired) electrons. The molecule has 0 saturated heterocycles. The topological polar surface area (TPSA) is 75.1 Å². The zero-order valence-electron chi connectivity index (χ0n) is 8.20. The van der Waals surface area contributed by atoms with E-state index >= 15 is 0 Å². The molecule has 1 aromatic heterocycles. The van der Waals surface area contributed by atoms with Crippen LogP contribution < -0.4 is 5.32 Å². The largest absolute Gasteiger partial charge is 0.416 e. The van der Waals surface area contributed by atoms with E-state index in [0.717, 1.165) is 12.4 Å². The zero-order valence-corrected chi connectivity index (χ0v) is 8.96. The molecule has 1 rings (SSSR count). The Hall–Kier alpha value is -1.41. The quantitative estimate of drug-likeness (QED) is 0.850. The van der Waals surface area contributed by atoms with Crippen molar-refractivity contribution in [2.24, 2.45) is 0 Å². The summed E-state index contributed by atoms with van der Waals surface area (Å²) in [5.41, 5.74) is -0.191. The minimum atomic E-state index is -4.78. The van der Waals surface area contributed by atoms with Crippen molar-refractivity contribution >= 4 is 17.5 Å². The summed E-state index contributed by atoms with van der Waals surface area (Å²) in [6, 6.07) is 0. The molecule has 0 bridgehead atoms. The van der Waals surface area contributed by atoms with Crippen LogP contribution in [-0.2, 0) is 0 Å². The van der Waals surface area contributed by atoms with Gasteiger partial charge in [0.2, 0.25) is 0 Å². The molecule has 17 heavy (non-hydrogen) atoms. The van der Waals surface area contributed by atoms with Gasteiger partial charge in [-0.1, -0.05) is 11.6 Å². The second-order valence-electron chi connectivity index (χ2n) is 2.99. The predicted octanol–water partition coefficient (Wildman–Crippen LogP) is 0.783. The van der Waals surface area contributed by atoms with Crippen molar-refractivity contribution in [3.05, 3.63) is 23.2 Å². The fourth-order valence-electron chi connectivity index (χ4n) is 0.825. The lowest BCUT2D eigenvalue weighted by molar-refractivity contribution is -0.201. The van der Waals surface area contributed by atoms with Crippen molar-refractivity contribution in [1.29, 1.82) is 0 Å². The number of alkyl halides is 3. The van der Waals surface area contributed by atoms with Crippen LogP contribution in [0.25, 0.3) is 0 Å². The molecule has 0 fully saturated rings. The molecule has 94 valence electrons. The Balaban J connectivity index is 2.53. The van der Waals surface area contributed by atoms with Crippen molar-refractivity contribution in [3.63, 3.8) is 0 Å². The highest BCUT2D eigenvalue weighted by molar-refractivity contribution is 6.29. The lowest BCUT2D eigenvalue weighted by Gasteiger charge is -2.14. The lowest BCUT2D eigenvalue weighted by atomic mass is 10.3. The fraction of sp³-hybridized carbons (Fsp3) is 0.375. The van der Waals surface area contributed by atoms with Gasteiger partial charge in [0, 0.05) is 0 Å². The molecule has 1 unspecified atom stereocenters. The number of rotatable bonds is 3. The Morgan fingerprint density at radius 3 is 2.59 bits per heavy atom. The molecular formula is C8H7ClF3N3O2. The molecule has 0 saturated carbocycles. The summed E-state index contributed by atoms with van der Waals surface area (Å²) < 4.78 is 35.7. The minimum Gasteiger partial charge on any atom is -0.382 e. The molecule has 0 aliphatic rings. The Morgan fingerprint density at radius 2 is 2.12 bits per heavy atom. The fourth-order valence-corrected chi connectivity index (χ4v) is 0.923. The van der Waals surface area contributed by atoms with Gasteiger partial charge in [0.25, 0.3) is 5.91 Å². The van der Waals surface area contributed by atoms with Gasteiger partial charge in [-0.25, -0.2) is 9.97 Å². The van der Waals surface area contributed by atoms with Gasteiger partial charge < -0.3 is 10.4 Å². The van der Waals surface area contributed by atoms with E-state index in [1.54, 1.807) is 0 Å². The Kier molecular flexibility index (Phi) is 4.24. The number of halogens is 4. The SMILES string of the molecule is O=C(NCC(O)C(F)(F)F)c1cnc(Cl)cn1. The molecule has 1 aromatic rings. The molecule has 5 nitrogen and oxygen atoms in total. The molecule has 2 N–H and O–H groups in total. The summed E-state index contributed by atoms with van der Waals surface area (Å²) in [6.07, 6.45) is -5.31. The maximum Gasteiger partial charge on any atom is 0.416 e. The smallest absolute Gasteiger partial charge is 0.382 e. The highest BCUT2D eigenvalue weighted by atomic mass is 35.5. The van der Waals surface area contributed by atoms with Crippen molar-refractivity contribution < 1.29 is 23.1 Å². The van der Waals surface area contributed by atoms with Gasteiger partial charge >= 0.3 is 6.18 Å². The van der Waals surface area contributed by atoms with E-state index in [1.807, 2.05) is 5.32 Å². The van der Waals surface area contributed by atoms with Crippen LogP contribution in [0.1, 0.15) is 10.5 Å². The molecule has 1 atom stereocenters. The minimum absolute atomic E-state index is 0.0527. The summed E-state index contributed by atoms with van der Waals surface area (Å²) in [5.74, 6) is -0.877. The predicted molar refractivity (Wildman–Crippen MR) is 51.4 cm³/mol. The third-order valence-corrected chi connectivity index (χ3v) is 1.88. The lowest BCUT2D eigenvalue weighted by Crippen LogP contribution is -2.40. The normalized spacial score (nSPS) is 13.2. The number of hydrogen-bond acceptors (Lipinski definition) is 4. The summed E-state index contributed by atoms with van der Waals surface area (Å²) in [5, 5.41) is 10.6. The number of nitrogens with zero attached hydrogens (tertiary/aromatic N) is 2. The number of hydrogen-bond donors (Lipinski definition) is 2. The summed E-state index contributed by atoms with van der Waals surface area (Å²) in [6.45, 7) is -0.952. The first-order chi connectivity index (χ1) is 7.80. The molecule has 0 aliphatic heterocycles. The van der Waals surface area contributed by atoms with Gasteiger partial charge in [0.15, 0.2) is 6.10 Å². The van der Waals surface area contributed by atoms with Crippen molar-refractivity contribution in [3.8, 4) is 0 Å². The van der Waals surface area contributed by atoms with Crippen LogP contribution in [0.2, 0.25) is 5.15 Å². The van der Waals surface area contributed by atoms with Crippen LogP contribution in [0.3, 0.4) is 0 Å². The first kappa shape index (κ1) is 13.7. The highest BCUT2D eigenvalue weighted by Gasteiger charge is 2.38.